The highest BCUT2D eigenvalue weighted by Crippen LogP contribution is 2.34. The zero-order valence-electron chi connectivity index (χ0n) is 22.5. The molecule has 10 heteroatoms. The van der Waals surface area contributed by atoms with E-state index in [1.54, 1.807) is 6.08 Å². The SMILES string of the molecule is CC(C)Oc1ccc(OCCn2cc(/C=C3\SC(=O)N(CC(=O)Nc4ccc(F)cc4)C3=O)c3ccccc32)cc1. The van der Waals surface area contributed by atoms with Crippen LogP contribution in [0, 0.1) is 5.82 Å². The molecule has 41 heavy (non-hydrogen) atoms. The van der Waals surface area contributed by atoms with Crippen molar-refractivity contribution in [1.29, 1.82) is 0 Å². The monoisotopic (exact) mass is 573 g/mol. The number of nitrogens with one attached hydrogen (secondary N) is 1. The number of nitrogens with zero attached hydrogens (tertiary/aromatic N) is 2. The van der Waals surface area contributed by atoms with Crippen molar-refractivity contribution < 1.29 is 28.2 Å². The van der Waals surface area contributed by atoms with E-state index in [1.807, 2.05) is 73.1 Å². The molecule has 1 aliphatic rings. The molecule has 4 aromatic rings. The molecular formula is C31H28FN3O5S. The first-order valence-corrected chi connectivity index (χ1v) is 13.9. The summed E-state index contributed by atoms with van der Waals surface area (Å²) in [6, 6.07) is 20.5. The molecule has 3 amide bonds. The number of benzene rings is 3. The standard InChI is InChI=1S/C31H28FN3O5S/c1-20(2)40-25-13-11-24(12-14-25)39-16-15-34-18-21(26-5-3-4-6-27(26)34)17-28-30(37)35(31(38)41-28)19-29(36)33-23-9-7-22(32)8-10-23/h3-14,17-18,20H,15-16,19H2,1-2H3,(H,33,36)/b28-17-. The van der Waals surface area contributed by atoms with Crippen LogP contribution in [0.15, 0.2) is 83.9 Å². The summed E-state index contributed by atoms with van der Waals surface area (Å²) in [7, 11) is 0. The van der Waals surface area contributed by atoms with E-state index in [-0.39, 0.29) is 11.0 Å². The maximum Gasteiger partial charge on any atom is 0.294 e. The number of fused-ring (bicyclic) bond motifs is 1. The van der Waals surface area contributed by atoms with Gasteiger partial charge in [-0.25, -0.2) is 4.39 Å². The highest BCUT2D eigenvalue weighted by molar-refractivity contribution is 8.18. The average Bonchev–Trinajstić information content (AvgIpc) is 3.42. The summed E-state index contributed by atoms with van der Waals surface area (Å²) in [5.41, 5.74) is 2.10. The minimum absolute atomic E-state index is 0.0967. The fourth-order valence-corrected chi connectivity index (χ4v) is 5.21. The van der Waals surface area contributed by atoms with Crippen molar-refractivity contribution in [3.8, 4) is 11.5 Å². The minimum Gasteiger partial charge on any atom is -0.492 e. The molecular weight excluding hydrogens is 545 g/mol. The Balaban J connectivity index is 1.26. The van der Waals surface area contributed by atoms with Crippen LogP contribution < -0.4 is 14.8 Å². The van der Waals surface area contributed by atoms with Gasteiger partial charge in [0.15, 0.2) is 0 Å². The van der Waals surface area contributed by atoms with Gasteiger partial charge in [0, 0.05) is 28.4 Å². The van der Waals surface area contributed by atoms with Crippen molar-refractivity contribution in [3.05, 3.63) is 95.3 Å². The van der Waals surface area contributed by atoms with E-state index in [1.165, 1.54) is 24.3 Å². The Bertz CT molecular complexity index is 1610. The zero-order chi connectivity index (χ0) is 28.9. The van der Waals surface area contributed by atoms with Gasteiger partial charge in [0.05, 0.1) is 17.6 Å². The number of ether oxygens (including phenoxy) is 2. The lowest BCUT2D eigenvalue weighted by atomic mass is 10.1. The van der Waals surface area contributed by atoms with E-state index in [2.05, 4.69) is 5.32 Å². The van der Waals surface area contributed by atoms with E-state index >= 15 is 0 Å². The highest BCUT2D eigenvalue weighted by Gasteiger charge is 2.36. The third kappa shape index (κ3) is 6.78. The van der Waals surface area contributed by atoms with Crippen LogP contribution in [0.5, 0.6) is 11.5 Å². The molecule has 210 valence electrons. The maximum atomic E-state index is 13.1. The molecule has 0 aliphatic carbocycles. The Morgan fingerprint density at radius 1 is 1.00 bits per heavy atom. The summed E-state index contributed by atoms with van der Waals surface area (Å²) < 4.78 is 26.8. The van der Waals surface area contributed by atoms with Gasteiger partial charge in [0.2, 0.25) is 5.91 Å². The molecule has 0 saturated carbocycles. The molecule has 2 heterocycles. The molecule has 0 spiro atoms. The topological polar surface area (TPSA) is 89.9 Å². The molecule has 5 rings (SSSR count). The minimum atomic E-state index is -0.557. The lowest BCUT2D eigenvalue weighted by Crippen LogP contribution is -2.36. The summed E-state index contributed by atoms with van der Waals surface area (Å²) in [4.78, 5) is 39.2. The van der Waals surface area contributed by atoms with Gasteiger partial charge in [-0.1, -0.05) is 18.2 Å². The number of anilines is 1. The molecule has 0 unspecified atom stereocenters. The molecule has 1 aromatic heterocycles. The van der Waals surface area contributed by atoms with E-state index in [0.29, 0.717) is 18.8 Å². The molecule has 0 atom stereocenters. The van der Waals surface area contributed by atoms with Crippen LogP contribution in [0.1, 0.15) is 19.4 Å². The zero-order valence-corrected chi connectivity index (χ0v) is 23.3. The summed E-state index contributed by atoms with van der Waals surface area (Å²) in [5.74, 6) is -0.0188. The maximum absolute atomic E-state index is 13.1. The number of carbonyl (C=O) groups excluding carboxylic acids is 3. The quantitative estimate of drug-likeness (QED) is 0.223. The fourth-order valence-electron chi connectivity index (χ4n) is 4.38. The Morgan fingerprint density at radius 2 is 1.71 bits per heavy atom. The van der Waals surface area contributed by atoms with Crippen molar-refractivity contribution in [3.63, 3.8) is 0 Å². The second-order valence-corrected chi connectivity index (χ2v) is 10.6. The third-order valence-electron chi connectivity index (χ3n) is 6.21. The number of hydrogen-bond acceptors (Lipinski definition) is 6. The Hall–Kier alpha value is -4.57. The summed E-state index contributed by atoms with van der Waals surface area (Å²) in [6.07, 6.45) is 3.69. The van der Waals surface area contributed by atoms with Gasteiger partial charge in [-0.2, -0.15) is 0 Å². The van der Waals surface area contributed by atoms with Crippen molar-refractivity contribution in [2.45, 2.75) is 26.5 Å². The predicted octanol–water partition coefficient (Wildman–Crippen LogP) is 6.32. The van der Waals surface area contributed by atoms with E-state index in [9.17, 15) is 18.8 Å². The van der Waals surface area contributed by atoms with Gasteiger partial charge >= 0.3 is 0 Å². The fraction of sp³-hybridized carbons (Fsp3) is 0.194. The molecule has 3 aromatic carbocycles. The number of imide groups is 1. The van der Waals surface area contributed by atoms with Crippen LogP contribution in [-0.4, -0.2) is 45.8 Å². The normalized spacial score (nSPS) is 14.3. The molecule has 8 nitrogen and oxygen atoms in total. The number of amides is 3. The van der Waals surface area contributed by atoms with Crippen LogP contribution in [0.3, 0.4) is 0 Å². The number of hydrogen-bond donors (Lipinski definition) is 1. The number of para-hydroxylation sites is 1. The largest absolute Gasteiger partial charge is 0.492 e. The molecule has 1 N–H and O–H groups in total. The molecule has 0 radical (unpaired) electrons. The van der Waals surface area contributed by atoms with Gasteiger partial charge in [-0.05, 0) is 86.3 Å². The highest BCUT2D eigenvalue weighted by atomic mass is 32.2. The first kappa shape index (κ1) is 28.0. The number of halogens is 1. The van der Waals surface area contributed by atoms with E-state index in [0.717, 1.165) is 44.6 Å². The van der Waals surface area contributed by atoms with Crippen LogP contribution in [0.4, 0.5) is 14.9 Å². The lowest BCUT2D eigenvalue weighted by molar-refractivity contribution is -0.127. The van der Waals surface area contributed by atoms with Crippen molar-refractivity contribution in [2.75, 3.05) is 18.5 Å². The third-order valence-corrected chi connectivity index (χ3v) is 7.11. The van der Waals surface area contributed by atoms with Crippen molar-refractivity contribution in [2.24, 2.45) is 0 Å². The average molecular weight is 574 g/mol. The number of aromatic nitrogens is 1. The molecule has 1 aliphatic heterocycles. The lowest BCUT2D eigenvalue weighted by Gasteiger charge is -2.12. The van der Waals surface area contributed by atoms with E-state index in [4.69, 9.17) is 9.47 Å². The van der Waals surface area contributed by atoms with Crippen LogP contribution in [-0.2, 0) is 16.1 Å². The van der Waals surface area contributed by atoms with E-state index < -0.39 is 29.4 Å². The molecule has 0 bridgehead atoms. The van der Waals surface area contributed by atoms with Crippen molar-refractivity contribution >= 4 is 51.5 Å². The van der Waals surface area contributed by atoms with Crippen molar-refractivity contribution in [1.82, 2.24) is 9.47 Å². The predicted molar refractivity (Wildman–Crippen MR) is 157 cm³/mol. The number of carbonyl (C=O) groups is 3. The van der Waals surface area contributed by atoms with Gasteiger partial charge in [0.1, 0.15) is 30.5 Å². The first-order valence-electron chi connectivity index (χ1n) is 13.0. The Kier molecular flexibility index (Phi) is 8.39. The van der Waals surface area contributed by atoms with Crippen LogP contribution >= 0.6 is 11.8 Å². The van der Waals surface area contributed by atoms with Gasteiger partial charge < -0.3 is 19.4 Å². The smallest absolute Gasteiger partial charge is 0.294 e. The summed E-state index contributed by atoms with van der Waals surface area (Å²) in [6.45, 7) is 4.48. The Morgan fingerprint density at radius 3 is 2.44 bits per heavy atom. The van der Waals surface area contributed by atoms with Crippen LogP contribution in [0.25, 0.3) is 17.0 Å². The second kappa shape index (κ2) is 12.3. The van der Waals surface area contributed by atoms with Gasteiger partial charge in [-0.15, -0.1) is 0 Å². The Labute approximate surface area is 240 Å². The first-order chi connectivity index (χ1) is 19.8. The molecule has 1 fully saturated rings. The summed E-state index contributed by atoms with van der Waals surface area (Å²) >= 11 is 0.789. The number of thioether (sulfide) groups is 1. The number of rotatable bonds is 10. The molecule has 1 saturated heterocycles. The van der Waals surface area contributed by atoms with Crippen LogP contribution in [0.2, 0.25) is 0 Å². The van der Waals surface area contributed by atoms with Gasteiger partial charge in [0.25, 0.3) is 11.1 Å². The second-order valence-electron chi connectivity index (χ2n) is 9.60. The van der Waals surface area contributed by atoms with Gasteiger partial charge in [-0.3, -0.25) is 19.3 Å². The summed E-state index contributed by atoms with van der Waals surface area (Å²) in [5, 5.41) is 2.96.